The van der Waals surface area contributed by atoms with Gasteiger partial charge in [-0.3, -0.25) is 13.9 Å². The minimum Gasteiger partial charge on any atom is -0.366 e. The number of nitrogens with one attached hydrogen (secondary N) is 1. The van der Waals surface area contributed by atoms with E-state index in [1.165, 1.54) is 4.31 Å². The van der Waals surface area contributed by atoms with Crippen LogP contribution in [0, 0.1) is 20.8 Å². The minimum atomic E-state index is -3.48. The lowest BCUT2D eigenvalue weighted by atomic mass is 10.1. The molecular weight excluding hydrogens is 390 g/mol. The van der Waals surface area contributed by atoms with Crippen LogP contribution >= 0.6 is 0 Å². The van der Waals surface area contributed by atoms with Crippen LogP contribution in [0.5, 0.6) is 0 Å². The lowest BCUT2D eigenvalue weighted by Crippen LogP contribution is -2.31. The molecule has 2 aromatic carbocycles. The first-order chi connectivity index (χ1) is 13.5. The summed E-state index contributed by atoms with van der Waals surface area (Å²) in [7, 11) is -3.48. The monoisotopic (exact) mass is 417 g/mol. The van der Waals surface area contributed by atoms with Gasteiger partial charge in [0.1, 0.15) is 0 Å². The van der Waals surface area contributed by atoms with Crippen LogP contribution in [-0.4, -0.2) is 33.0 Å². The van der Waals surface area contributed by atoms with Crippen LogP contribution in [0.15, 0.2) is 36.4 Å². The molecule has 0 fully saturated rings. The molecule has 0 bridgehead atoms. The number of nitrogens with two attached hydrogens (primary N) is 1. The van der Waals surface area contributed by atoms with E-state index in [4.69, 9.17) is 5.73 Å². The molecule has 156 valence electrons. The van der Waals surface area contributed by atoms with Crippen molar-refractivity contribution in [2.24, 2.45) is 5.73 Å². The first kappa shape index (κ1) is 22.4. The van der Waals surface area contributed by atoms with E-state index in [0.29, 0.717) is 28.9 Å². The van der Waals surface area contributed by atoms with E-state index in [-0.39, 0.29) is 18.9 Å². The number of amides is 2. The molecule has 0 saturated carbocycles. The summed E-state index contributed by atoms with van der Waals surface area (Å²) in [6.45, 7) is 5.79. The summed E-state index contributed by atoms with van der Waals surface area (Å²) in [5.41, 5.74) is 9.45. The zero-order valence-corrected chi connectivity index (χ0v) is 18.0. The van der Waals surface area contributed by atoms with Crippen LogP contribution in [0.2, 0.25) is 0 Å². The van der Waals surface area contributed by atoms with Gasteiger partial charge < -0.3 is 11.1 Å². The fourth-order valence-electron chi connectivity index (χ4n) is 3.00. The highest BCUT2D eigenvalue weighted by Gasteiger charge is 2.18. The molecule has 7 nitrogen and oxygen atoms in total. The molecule has 0 atom stereocenters. The molecule has 0 saturated heterocycles. The molecule has 2 amide bonds. The number of carbonyl (C=O) groups is 2. The van der Waals surface area contributed by atoms with Crippen LogP contribution in [-0.2, 0) is 14.8 Å². The van der Waals surface area contributed by atoms with E-state index in [9.17, 15) is 18.0 Å². The van der Waals surface area contributed by atoms with Crippen molar-refractivity contribution in [1.29, 1.82) is 0 Å². The van der Waals surface area contributed by atoms with Gasteiger partial charge in [-0.15, -0.1) is 0 Å². The first-order valence-electron chi connectivity index (χ1n) is 9.25. The maximum absolute atomic E-state index is 12.3. The molecule has 0 aliphatic rings. The predicted octanol–water partition coefficient (Wildman–Crippen LogP) is 2.90. The van der Waals surface area contributed by atoms with E-state index < -0.39 is 15.9 Å². The molecule has 8 heteroatoms. The molecular formula is C21H27N3O4S. The number of aryl methyl sites for hydroxylation is 2. The van der Waals surface area contributed by atoms with Crippen LogP contribution in [0.1, 0.15) is 39.9 Å². The third-order valence-electron chi connectivity index (χ3n) is 4.82. The number of carbonyl (C=O) groups excluding carboxylic acids is 2. The zero-order valence-electron chi connectivity index (χ0n) is 17.2. The van der Waals surface area contributed by atoms with Gasteiger partial charge >= 0.3 is 0 Å². The number of hydrogen-bond acceptors (Lipinski definition) is 4. The Morgan fingerprint density at radius 2 is 1.76 bits per heavy atom. The molecule has 0 radical (unpaired) electrons. The molecule has 3 N–H and O–H groups in total. The molecule has 2 rings (SSSR count). The second-order valence-corrected chi connectivity index (χ2v) is 9.00. The van der Waals surface area contributed by atoms with Crippen molar-refractivity contribution < 1.29 is 18.0 Å². The summed E-state index contributed by atoms with van der Waals surface area (Å²) < 4.78 is 25.8. The Balaban J connectivity index is 2.04. The topological polar surface area (TPSA) is 110 Å². The molecule has 0 spiro atoms. The van der Waals surface area contributed by atoms with Crippen LogP contribution in [0.25, 0.3) is 0 Å². The smallest absolute Gasteiger partial charge is 0.249 e. The summed E-state index contributed by atoms with van der Waals surface area (Å²) in [4.78, 5) is 23.7. The van der Waals surface area contributed by atoms with Crippen LogP contribution in [0.3, 0.4) is 0 Å². The third kappa shape index (κ3) is 5.80. The van der Waals surface area contributed by atoms with Crippen molar-refractivity contribution in [2.75, 3.05) is 22.4 Å². The van der Waals surface area contributed by atoms with Gasteiger partial charge in [0.05, 0.1) is 11.9 Å². The Hall–Kier alpha value is -2.87. The van der Waals surface area contributed by atoms with Crippen molar-refractivity contribution in [3.63, 3.8) is 0 Å². The maximum Gasteiger partial charge on any atom is 0.249 e. The van der Waals surface area contributed by atoms with Crippen LogP contribution in [0.4, 0.5) is 11.4 Å². The highest BCUT2D eigenvalue weighted by Crippen LogP contribution is 2.22. The van der Waals surface area contributed by atoms with Gasteiger partial charge in [-0.05, 0) is 68.1 Å². The molecule has 0 aliphatic heterocycles. The fraction of sp³-hybridized carbons (Fsp3) is 0.333. The number of rotatable bonds is 8. The van der Waals surface area contributed by atoms with E-state index in [1.807, 2.05) is 26.0 Å². The van der Waals surface area contributed by atoms with E-state index >= 15 is 0 Å². The Morgan fingerprint density at radius 3 is 2.34 bits per heavy atom. The van der Waals surface area contributed by atoms with Gasteiger partial charge in [0.15, 0.2) is 0 Å². The summed E-state index contributed by atoms with van der Waals surface area (Å²) >= 11 is 0. The highest BCUT2D eigenvalue weighted by atomic mass is 32.2. The molecule has 0 aliphatic carbocycles. The van der Waals surface area contributed by atoms with Crippen molar-refractivity contribution in [3.05, 3.63) is 58.7 Å². The Morgan fingerprint density at radius 1 is 1.07 bits per heavy atom. The van der Waals surface area contributed by atoms with E-state index in [0.717, 1.165) is 17.4 Å². The van der Waals surface area contributed by atoms with Crippen molar-refractivity contribution in [1.82, 2.24) is 0 Å². The van der Waals surface area contributed by atoms with Crippen molar-refractivity contribution in [3.8, 4) is 0 Å². The van der Waals surface area contributed by atoms with Gasteiger partial charge in [0, 0.05) is 24.2 Å². The summed E-state index contributed by atoms with van der Waals surface area (Å²) in [5, 5.41) is 2.76. The quantitative estimate of drug-likeness (QED) is 0.688. The predicted molar refractivity (Wildman–Crippen MR) is 116 cm³/mol. The Bertz CT molecular complexity index is 1030. The standard InChI is InChI=1S/C21H27N3O4S/c1-14-10-11-17(13-15(14)2)24(29(4,27)28)12-6-9-20(25)23-19-8-5-7-18(16(19)3)21(22)26/h5,7-8,10-11,13H,6,9,12H2,1-4H3,(H2,22,26)(H,23,25). The fourth-order valence-corrected chi connectivity index (χ4v) is 3.96. The zero-order chi connectivity index (χ0) is 21.8. The minimum absolute atomic E-state index is 0.136. The molecule has 0 unspecified atom stereocenters. The maximum atomic E-state index is 12.3. The molecule has 0 aromatic heterocycles. The van der Waals surface area contributed by atoms with Gasteiger partial charge in [-0.1, -0.05) is 12.1 Å². The van der Waals surface area contributed by atoms with E-state index in [1.54, 1.807) is 31.2 Å². The first-order valence-corrected chi connectivity index (χ1v) is 11.1. The normalized spacial score (nSPS) is 11.2. The molecule has 0 heterocycles. The number of anilines is 2. The number of primary amides is 1. The highest BCUT2D eigenvalue weighted by molar-refractivity contribution is 7.92. The lowest BCUT2D eigenvalue weighted by molar-refractivity contribution is -0.116. The van der Waals surface area contributed by atoms with Gasteiger partial charge in [-0.2, -0.15) is 0 Å². The Labute approximate surface area is 172 Å². The lowest BCUT2D eigenvalue weighted by Gasteiger charge is -2.23. The SMILES string of the molecule is Cc1ccc(N(CCCC(=O)Nc2cccc(C(N)=O)c2C)S(C)(=O)=O)cc1C. The number of hydrogen-bond donors (Lipinski definition) is 2. The number of nitrogens with zero attached hydrogens (tertiary/aromatic N) is 1. The van der Waals surface area contributed by atoms with Gasteiger partial charge in [0.25, 0.3) is 0 Å². The summed E-state index contributed by atoms with van der Waals surface area (Å²) in [6.07, 6.45) is 1.64. The average molecular weight is 418 g/mol. The molecule has 29 heavy (non-hydrogen) atoms. The number of sulfonamides is 1. The number of benzene rings is 2. The summed E-state index contributed by atoms with van der Waals surface area (Å²) in [6, 6.07) is 10.4. The van der Waals surface area contributed by atoms with Gasteiger partial charge in [-0.25, -0.2) is 8.42 Å². The van der Waals surface area contributed by atoms with Crippen LogP contribution < -0.4 is 15.4 Å². The second-order valence-electron chi connectivity index (χ2n) is 7.10. The molecule has 2 aromatic rings. The van der Waals surface area contributed by atoms with Crippen molar-refractivity contribution >= 4 is 33.2 Å². The van der Waals surface area contributed by atoms with E-state index in [2.05, 4.69) is 5.32 Å². The average Bonchev–Trinajstić information content (AvgIpc) is 2.62. The Kier molecular flexibility index (Phi) is 7.02. The largest absolute Gasteiger partial charge is 0.366 e. The van der Waals surface area contributed by atoms with Gasteiger partial charge in [0.2, 0.25) is 21.8 Å². The van der Waals surface area contributed by atoms with Crippen molar-refractivity contribution in [2.45, 2.75) is 33.6 Å². The summed E-state index contributed by atoms with van der Waals surface area (Å²) in [5.74, 6) is -0.820. The second kappa shape index (κ2) is 9.09. The third-order valence-corrected chi connectivity index (χ3v) is 6.01.